The minimum atomic E-state index is 0.593. The summed E-state index contributed by atoms with van der Waals surface area (Å²) >= 11 is 1.82. The van der Waals surface area contributed by atoms with E-state index in [1.807, 2.05) is 11.8 Å². The van der Waals surface area contributed by atoms with Crippen molar-refractivity contribution in [1.82, 2.24) is 5.32 Å². The van der Waals surface area contributed by atoms with Crippen molar-refractivity contribution in [3.63, 3.8) is 0 Å². The van der Waals surface area contributed by atoms with Crippen molar-refractivity contribution in [3.05, 3.63) is 29.8 Å². The van der Waals surface area contributed by atoms with Crippen LogP contribution in [-0.2, 0) is 0 Å². The third-order valence-corrected chi connectivity index (χ3v) is 3.53. The van der Waals surface area contributed by atoms with E-state index in [-0.39, 0.29) is 0 Å². The molecule has 1 N–H and O–H groups in total. The number of piperidine rings is 1. The Bertz CT molecular complexity index is 292. The van der Waals surface area contributed by atoms with Crippen molar-refractivity contribution in [2.75, 3.05) is 12.8 Å². The molecule has 1 aliphatic heterocycles. The zero-order valence-electron chi connectivity index (χ0n) is 8.62. The van der Waals surface area contributed by atoms with Crippen LogP contribution in [0.25, 0.3) is 0 Å². The Hall–Kier alpha value is -0.470. The zero-order valence-corrected chi connectivity index (χ0v) is 9.44. The molecule has 2 rings (SSSR count). The maximum absolute atomic E-state index is 3.58. The van der Waals surface area contributed by atoms with Gasteiger partial charge in [0.25, 0.3) is 0 Å². The van der Waals surface area contributed by atoms with Crippen LogP contribution in [0.2, 0.25) is 0 Å². The Labute approximate surface area is 90.3 Å². The van der Waals surface area contributed by atoms with E-state index in [1.165, 1.54) is 36.3 Å². The normalized spacial score (nSPS) is 22.2. The van der Waals surface area contributed by atoms with Gasteiger partial charge >= 0.3 is 0 Å². The van der Waals surface area contributed by atoms with Crippen molar-refractivity contribution >= 4 is 11.8 Å². The average Bonchev–Trinajstić information content (AvgIpc) is 2.30. The van der Waals surface area contributed by atoms with Crippen molar-refractivity contribution in [1.29, 1.82) is 0 Å². The molecule has 1 nitrogen and oxygen atoms in total. The van der Waals surface area contributed by atoms with Crippen LogP contribution in [0.5, 0.6) is 0 Å². The molecule has 1 fully saturated rings. The van der Waals surface area contributed by atoms with E-state index in [4.69, 9.17) is 0 Å². The fourth-order valence-corrected chi connectivity index (χ4v) is 2.46. The molecule has 0 spiro atoms. The van der Waals surface area contributed by atoms with Crippen LogP contribution in [0.15, 0.2) is 29.2 Å². The Morgan fingerprint density at radius 1 is 1.36 bits per heavy atom. The summed E-state index contributed by atoms with van der Waals surface area (Å²) in [7, 11) is 0. The molecule has 0 saturated carbocycles. The van der Waals surface area contributed by atoms with Gasteiger partial charge in [-0.05, 0) is 43.3 Å². The van der Waals surface area contributed by atoms with Gasteiger partial charge in [0.05, 0.1) is 0 Å². The fourth-order valence-electron chi connectivity index (χ4n) is 1.99. The van der Waals surface area contributed by atoms with Gasteiger partial charge in [-0.2, -0.15) is 0 Å². The maximum atomic E-state index is 3.58. The standard InChI is InChI=1S/C12H17NS/c1-14-11-6-4-5-10(9-11)12-7-2-3-8-13-12/h4-6,9,12-13H,2-3,7-8H2,1H3/t12-/m1/s1. The first-order valence-electron chi connectivity index (χ1n) is 5.27. The molecule has 1 saturated heterocycles. The number of rotatable bonds is 2. The molecule has 1 aromatic rings. The monoisotopic (exact) mass is 207 g/mol. The van der Waals surface area contributed by atoms with Crippen LogP contribution >= 0.6 is 11.8 Å². The Balaban J connectivity index is 2.13. The lowest BCUT2D eigenvalue weighted by atomic mass is 9.98. The highest BCUT2D eigenvalue weighted by Gasteiger charge is 2.14. The Kier molecular flexibility index (Phi) is 3.49. The summed E-state index contributed by atoms with van der Waals surface area (Å²) in [6.45, 7) is 1.17. The Morgan fingerprint density at radius 3 is 3.00 bits per heavy atom. The second-order valence-electron chi connectivity index (χ2n) is 3.78. The minimum absolute atomic E-state index is 0.593. The topological polar surface area (TPSA) is 12.0 Å². The van der Waals surface area contributed by atoms with Gasteiger partial charge in [0.15, 0.2) is 0 Å². The van der Waals surface area contributed by atoms with Gasteiger partial charge in [0.1, 0.15) is 0 Å². The second-order valence-corrected chi connectivity index (χ2v) is 4.66. The van der Waals surface area contributed by atoms with Crippen LogP contribution in [0.4, 0.5) is 0 Å². The predicted molar refractivity (Wildman–Crippen MR) is 62.8 cm³/mol. The molecule has 0 unspecified atom stereocenters. The molecule has 0 aromatic heterocycles. The summed E-state index contributed by atoms with van der Waals surface area (Å²) in [6, 6.07) is 9.49. The van der Waals surface area contributed by atoms with Gasteiger partial charge < -0.3 is 5.32 Å². The summed E-state index contributed by atoms with van der Waals surface area (Å²) < 4.78 is 0. The van der Waals surface area contributed by atoms with Crippen molar-refractivity contribution < 1.29 is 0 Å². The summed E-state index contributed by atoms with van der Waals surface area (Å²) in [6.07, 6.45) is 6.12. The maximum Gasteiger partial charge on any atom is 0.0320 e. The second kappa shape index (κ2) is 4.85. The van der Waals surface area contributed by atoms with Gasteiger partial charge in [-0.25, -0.2) is 0 Å². The molecule has 1 aliphatic rings. The lowest BCUT2D eigenvalue weighted by Crippen LogP contribution is -2.26. The summed E-state index contributed by atoms with van der Waals surface area (Å²) in [5.74, 6) is 0. The lowest BCUT2D eigenvalue weighted by Gasteiger charge is -2.24. The summed E-state index contributed by atoms with van der Waals surface area (Å²) in [5, 5.41) is 3.58. The fraction of sp³-hybridized carbons (Fsp3) is 0.500. The highest BCUT2D eigenvalue weighted by atomic mass is 32.2. The highest BCUT2D eigenvalue weighted by molar-refractivity contribution is 7.98. The van der Waals surface area contributed by atoms with E-state index < -0.39 is 0 Å². The van der Waals surface area contributed by atoms with Gasteiger partial charge in [-0.1, -0.05) is 18.6 Å². The molecule has 76 valence electrons. The quantitative estimate of drug-likeness (QED) is 0.747. The van der Waals surface area contributed by atoms with E-state index in [2.05, 4.69) is 35.8 Å². The molecular formula is C12H17NS. The Morgan fingerprint density at radius 2 is 2.29 bits per heavy atom. The van der Waals surface area contributed by atoms with E-state index in [1.54, 1.807) is 0 Å². The molecule has 0 aliphatic carbocycles. The zero-order chi connectivity index (χ0) is 9.80. The lowest BCUT2D eigenvalue weighted by molar-refractivity contribution is 0.412. The first-order chi connectivity index (χ1) is 6.90. The van der Waals surface area contributed by atoms with Crippen molar-refractivity contribution in [2.24, 2.45) is 0 Å². The van der Waals surface area contributed by atoms with Crippen LogP contribution in [0.1, 0.15) is 30.9 Å². The van der Waals surface area contributed by atoms with Crippen molar-refractivity contribution in [3.8, 4) is 0 Å². The number of hydrogen-bond donors (Lipinski definition) is 1. The van der Waals surface area contributed by atoms with E-state index in [0.29, 0.717) is 6.04 Å². The third-order valence-electron chi connectivity index (χ3n) is 2.81. The average molecular weight is 207 g/mol. The van der Waals surface area contributed by atoms with Crippen LogP contribution < -0.4 is 5.32 Å². The van der Waals surface area contributed by atoms with Crippen molar-refractivity contribution in [2.45, 2.75) is 30.2 Å². The molecule has 0 bridgehead atoms. The number of thioether (sulfide) groups is 1. The van der Waals surface area contributed by atoms with E-state index in [0.717, 1.165) is 0 Å². The molecule has 2 heteroatoms. The predicted octanol–water partition coefficient (Wildman–Crippen LogP) is 3.22. The summed E-state index contributed by atoms with van der Waals surface area (Å²) in [4.78, 5) is 1.37. The molecular weight excluding hydrogens is 190 g/mol. The first kappa shape index (κ1) is 10.1. The van der Waals surface area contributed by atoms with E-state index in [9.17, 15) is 0 Å². The summed E-state index contributed by atoms with van der Waals surface area (Å²) in [5.41, 5.74) is 1.46. The SMILES string of the molecule is CSc1cccc([C@H]2CCCCN2)c1. The minimum Gasteiger partial charge on any atom is -0.310 e. The number of nitrogens with one attached hydrogen (secondary N) is 1. The van der Waals surface area contributed by atoms with Gasteiger partial charge in [-0.15, -0.1) is 11.8 Å². The molecule has 1 heterocycles. The van der Waals surface area contributed by atoms with Gasteiger partial charge in [0, 0.05) is 10.9 Å². The number of hydrogen-bond acceptors (Lipinski definition) is 2. The molecule has 1 aromatic carbocycles. The molecule has 1 atom stereocenters. The molecule has 14 heavy (non-hydrogen) atoms. The van der Waals surface area contributed by atoms with Crippen LogP contribution in [0, 0.1) is 0 Å². The van der Waals surface area contributed by atoms with E-state index >= 15 is 0 Å². The third kappa shape index (κ3) is 2.31. The van der Waals surface area contributed by atoms with Gasteiger partial charge in [-0.3, -0.25) is 0 Å². The largest absolute Gasteiger partial charge is 0.310 e. The first-order valence-corrected chi connectivity index (χ1v) is 6.50. The van der Waals surface area contributed by atoms with Crippen LogP contribution in [0.3, 0.4) is 0 Å². The number of benzene rings is 1. The van der Waals surface area contributed by atoms with Crippen LogP contribution in [-0.4, -0.2) is 12.8 Å². The highest BCUT2D eigenvalue weighted by Crippen LogP contribution is 2.25. The molecule has 0 radical (unpaired) electrons. The van der Waals surface area contributed by atoms with Gasteiger partial charge in [0.2, 0.25) is 0 Å². The smallest absolute Gasteiger partial charge is 0.0320 e. The molecule has 0 amide bonds.